The van der Waals surface area contributed by atoms with Crippen LogP contribution in [0.5, 0.6) is 0 Å². The number of ether oxygens (including phenoxy) is 3. The number of esters is 1. The summed E-state index contributed by atoms with van der Waals surface area (Å²) in [6.07, 6.45) is -0.604. The Morgan fingerprint density at radius 3 is 2.31 bits per heavy atom. The molecule has 0 heterocycles. The van der Waals surface area contributed by atoms with E-state index in [0.29, 0.717) is 19.6 Å². The Hall–Kier alpha value is -1.12. The standard InChI is InChI=1S/C11H19NO4/c1-4-9(14-5-2)11(15-6-3)16-10(13)7-8-12/h9,11H,4-7H2,1-3H3. The number of hydrogen-bond donors (Lipinski definition) is 0. The van der Waals surface area contributed by atoms with E-state index in [9.17, 15) is 4.79 Å². The van der Waals surface area contributed by atoms with Crippen LogP contribution in [0, 0.1) is 11.3 Å². The first-order valence-electron chi connectivity index (χ1n) is 5.49. The predicted molar refractivity (Wildman–Crippen MR) is 57.4 cm³/mol. The zero-order chi connectivity index (χ0) is 12.4. The fourth-order valence-electron chi connectivity index (χ4n) is 1.22. The molecule has 0 bridgehead atoms. The number of carbonyl (C=O) groups is 1. The summed E-state index contributed by atoms with van der Waals surface area (Å²) >= 11 is 0. The molecule has 16 heavy (non-hydrogen) atoms. The molecular weight excluding hydrogens is 210 g/mol. The van der Waals surface area contributed by atoms with Crippen LogP contribution in [-0.4, -0.2) is 31.6 Å². The second-order valence-corrected chi connectivity index (χ2v) is 3.05. The molecule has 0 rings (SSSR count). The van der Waals surface area contributed by atoms with Crippen molar-refractivity contribution in [3.05, 3.63) is 0 Å². The molecule has 0 aliphatic carbocycles. The molecule has 2 atom stereocenters. The highest BCUT2D eigenvalue weighted by molar-refractivity contribution is 5.71. The zero-order valence-corrected chi connectivity index (χ0v) is 10.1. The van der Waals surface area contributed by atoms with Crippen molar-refractivity contribution in [3.8, 4) is 6.07 Å². The lowest BCUT2D eigenvalue weighted by Gasteiger charge is -2.25. The van der Waals surface area contributed by atoms with Crippen molar-refractivity contribution in [2.75, 3.05) is 13.2 Å². The summed E-state index contributed by atoms with van der Waals surface area (Å²) in [4.78, 5) is 11.2. The minimum Gasteiger partial charge on any atom is -0.432 e. The van der Waals surface area contributed by atoms with Crippen LogP contribution in [0.2, 0.25) is 0 Å². The smallest absolute Gasteiger partial charge is 0.322 e. The van der Waals surface area contributed by atoms with Crippen LogP contribution in [0.3, 0.4) is 0 Å². The zero-order valence-electron chi connectivity index (χ0n) is 10.1. The van der Waals surface area contributed by atoms with Gasteiger partial charge in [-0.2, -0.15) is 5.26 Å². The van der Waals surface area contributed by atoms with Gasteiger partial charge >= 0.3 is 5.97 Å². The molecule has 92 valence electrons. The Kier molecular flexibility index (Phi) is 8.49. The van der Waals surface area contributed by atoms with E-state index >= 15 is 0 Å². The summed E-state index contributed by atoms with van der Waals surface area (Å²) in [5.41, 5.74) is 0. The van der Waals surface area contributed by atoms with E-state index in [2.05, 4.69) is 0 Å². The van der Waals surface area contributed by atoms with E-state index in [0.717, 1.165) is 0 Å². The first-order valence-corrected chi connectivity index (χ1v) is 5.49. The van der Waals surface area contributed by atoms with Crippen molar-refractivity contribution in [1.82, 2.24) is 0 Å². The third kappa shape index (κ3) is 5.69. The van der Waals surface area contributed by atoms with Gasteiger partial charge in [0.05, 0.1) is 6.07 Å². The molecule has 0 fully saturated rings. The lowest BCUT2D eigenvalue weighted by atomic mass is 10.2. The summed E-state index contributed by atoms with van der Waals surface area (Å²) in [7, 11) is 0. The quantitative estimate of drug-likeness (QED) is 0.467. The molecule has 0 amide bonds. The molecule has 0 aromatic carbocycles. The number of nitriles is 1. The highest BCUT2D eigenvalue weighted by Crippen LogP contribution is 2.11. The van der Waals surface area contributed by atoms with Crippen LogP contribution in [0.1, 0.15) is 33.6 Å². The summed E-state index contributed by atoms with van der Waals surface area (Å²) < 4.78 is 15.7. The van der Waals surface area contributed by atoms with E-state index in [4.69, 9.17) is 19.5 Å². The maximum atomic E-state index is 11.2. The third-order valence-corrected chi connectivity index (χ3v) is 1.89. The van der Waals surface area contributed by atoms with Crippen molar-refractivity contribution >= 4 is 5.97 Å². The Morgan fingerprint density at radius 2 is 1.88 bits per heavy atom. The van der Waals surface area contributed by atoms with Crippen molar-refractivity contribution in [2.24, 2.45) is 0 Å². The second kappa shape index (κ2) is 9.13. The fourth-order valence-corrected chi connectivity index (χ4v) is 1.22. The van der Waals surface area contributed by atoms with Crippen molar-refractivity contribution in [1.29, 1.82) is 5.26 Å². The van der Waals surface area contributed by atoms with Gasteiger partial charge in [0, 0.05) is 13.2 Å². The molecule has 0 saturated carbocycles. The van der Waals surface area contributed by atoms with Gasteiger partial charge in [-0.3, -0.25) is 4.79 Å². The summed E-state index contributed by atoms with van der Waals surface area (Å²) in [5, 5.41) is 8.36. The van der Waals surface area contributed by atoms with Gasteiger partial charge in [0.15, 0.2) is 0 Å². The molecule has 0 aliphatic rings. The summed E-state index contributed by atoms with van der Waals surface area (Å²) in [6, 6.07) is 1.73. The van der Waals surface area contributed by atoms with E-state index in [1.54, 1.807) is 6.07 Å². The van der Waals surface area contributed by atoms with Crippen LogP contribution in [0.25, 0.3) is 0 Å². The number of rotatable bonds is 8. The highest BCUT2D eigenvalue weighted by Gasteiger charge is 2.24. The fraction of sp³-hybridized carbons (Fsp3) is 0.818. The molecule has 5 nitrogen and oxygen atoms in total. The van der Waals surface area contributed by atoms with E-state index < -0.39 is 12.3 Å². The number of nitrogens with zero attached hydrogens (tertiary/aromatic N) is 1. The largest absolute Gasteiger partial charge is 0.432 e. The second-order valence-electron chi connectivity index (χ2n) is 3.05. The molecule has 0 saturated heterocycles. The third-order valence-electron chi connectivity index (χ3n) is 1.89. The van der Waals surface area contributed by atoms with Gasteiger partial charge in [-0.25, -0.2) is 0 Å². The van der Waals surface area contributed by atoms with Crippen LogP contribution in [0.4, 0.5) is 0 Å². The van der Waals surface area contributed by atoms with Gasteiger partial charge in [-0.15, -0.1) is 0 Å². The molecule has 0 radical (unpaired) electrons. The van der Waals surface area contributed by atoms with Gasteiger partial charge < -0.3 is 14.2 Å². The van der Waals surface area contributed by atoms with Crippen molar-refractivity contribution in [2.45, 2.75) is 46.0 Å². The monoisotopic (exact) mass is 229 g/mol. The van der Waals surface area contributed by atoms with E-state index in [1.165, 1.54) is 0 Å². The van der Waals surface area contributed by atoms with E-state index in [-0.39, 0.29) is 12.5 Å². The lowest BCUT2D eigenvalue weighted by Crippen LogP contribution is -2.35. The average molecular weight is 229 g/mol. The maximum absolute atomic E-state index is 11.2. The first-order chi connectivity index (χ1) is 7.69. The van der Waals surface area contributed by atoms with Crippen LogP contribution >= 0.6 is 0 Å². The van der Waals surface area contributed by atoms with Crippen LogP contribution in [0.15, 0.2) is 0 Å². The number of hydrogen-bond acceptors (Lipinski definition) is 5. The molecule has 5 heteroatoms. The average Bonchev–Trinajstić information content (AvgIpc) is 2.25. The Labute approximate surface area is 96.3 Å². The molecule has 0 spiro atoms. The SMILES string of the molecule is CCOC(CC)C(OCC)OC(=O)CC#N. The molecule has 0 aromatic heterocycles. The minimum absolute atomic E-state index is 0.272. The van der Waals surface area contributed by atoms with Gasteiger partial charge in [0.25, 0.3) is 0 Å². The van der Waals surface area contributed by atoms with Crippen molar-refractivity contribution < 1.29 is 19.0 Å². The van der Waals surface area contributed by atoms with Gasteiger partial charge in [-0.1, -0.05) is 6.92 Å². The molecule has 0 aliphatic heterocycles. The molecule has 0 N–H and O–H groups in total. The highest BCUT2D eigenvalue weighted by atomic mass is 16.7. The molecule has 0 aromatic rings. The van der Waals surface area contributed by atoms with Gasteiger partial charge in [0.2, 0.25) is 6.29 Å². The lowest BCUT2D eigenvalue weighted by molar-refractivity contribution is -0.209. The summed E-state index contributed by atoms with van der Waals surface area (Å²) in [5.74, 6) is -0.584. The van der Waals surface area contributed by atoms with Crippen LogP contribution < -0.4 is 0 Å². The van der Waals surface area contributed by atoms with Crippen LogP contribution in [-0.2, 0) is 19.0 Å². The van der Waals surface area contributed by atoms with E-state index in [1.807, 2.05) is 20.8 Å². The Bertz CT molecular complexity index is 237. The maximum Gasteiger partial charge on any atom is 0.322 e. The normalized spacial score (nSPS) is 13.9. The Morgan fingerprint density at radius 1 is 1.25 bits per heavy atom. The summed E-state index contributed by atoms with van der Waals surface area (Å²) in [6.45, 7) is 6.54. The molecular formula is C11H19NO4. The minimum atomic E-state index is -0.726. The predicted octanol–water partition coefficient (Wildman–Crippen LogP) is 1.62. The topological polar surface area (TPSA) is 68.6 Å². The first kappa shape index (κ1) is 14.9. The van der Waals surface area contributed by atoms with Crippen molar-refractivity contribution in [3.63, 3.8) is 0 Å². The van der Waals surface area contributed by atoms with Gasteiger partial charge in [0.1, 0.15) is 12.5 Å². The Balaban J connectivity index is 4.33. The van der Waals surface area contributed by atoms with Gasteiger partial charge in [-0.05, 0) is 20.3 Å². The molecule has 2 unspecified atom stereocenters. The number of carbonyl (C=O) groups excluding carboxylic acids is 1.